The molecule has 0 spiro atoms. The molecule has 0 aliphatic heterocycles. The normalized spacial score (nSPS) is 12.2. The van der Waals surface area contributed by atoms with Gasteiger partial charge in [0.1, 0.15) is 17.1 Å². The summed E-state index contributed by atoms with van der Waals surface area (Å²) in [6, 6.07) is 4.16. The maximum Gasteiger partial charge on any atom is 0.408 e. The number of amides is 1. The fourth-order valence-corrected chi connectivity index (χ4v) is 1.97. The van der Waals surface area contributed by atoms with E-state index in [9.17, 15) is 9.59 Å². The Morgan fingerprint density at radius 1 is 1.22 bits per heavy atom. The molecule has 0 bridgehead atoms. The number of methoxy groups -OCH3 is 2. The van der Waals surface area contributed by atoms with E-state index in [-0.39, 0.29) is 6.42 Å². The van der Waals surface area contributed by atoms with Crippen molar-refractivity contribution < 1.29 is 28.9 Å². The molecule has 0 saturated carbocycles. The van der Waals surface area contributed by atoms with Gasteiger partial charge in [-0.25, -0.2) is 4.79 Å². The van der Waals surface area contributed by atoms with Crippen molar-refractivity contribution >= 4 is 12.1 Å². The lowest BCUT2D eigenvalue weighted by molar-refractivity contribution is -0.137. The Hall–Kier alpha value is -2.44. The van der Waals surface area contributed by atoms with Crippen molar-refractivity contribution in [2.45, 2.75) is 38.8 Å². The predicted molar refractivity (Wildman–Crippen MR) is 83.9 cm³/mol. The molecule has 1 rings (SSSR count). The summed E-state index contributed by atoms with van der Waals surface area (Å²) in [5.41, 5.74) is -0.184. The molecular weight excluding hydrogens is 302 g/mol. The van der Waals surface area contributed by atoms with E-state index >= 15 is 0 Å². The van der Waals surface area contributed by atoms with Crippen molar-refractivity contribution in [1.29, 1.82) is 0 Å². The minimum atomic E-state index is -1.06. The molecule has 0 aliphatic rings. The molecule has 1 aromatic rings. The smallest absolute Gasteiger partial charge is 0.408 e. The van der Waals surface area contributed by atoms with E-state index in [0.29, 0.717) is 17.1 Å². The van der Waals surface area contributed by atoms with Gasteiger partial charge in [0, 0.05) is 5.56 Å². The van der Waals surface area contributed by atoms with E-state index in [4.69, 9.17) is 19.3 Å². The van der Waals surface area contributed by atoms with Crippen molar-refractivity contribution in [3.63, 3.8) is 0 Å². The molecule has 1 unspecified atom stereocenters. The molecule has 1 aromatic carbocycles. The van der Waals surface area contributed by atoms with Crippen LogP contribution in [0.4, 0.5) is 4.79 Å². The van der Waals surface area contributed by atoms with E-state index < -0.39 is 23.7 Å². The summed E-state index contributed by atoms with van der Waals surface area (Å²) in [6.07, 6.45) is -1.02. The number of carbonyl (C=O) groups is 2. The molecule has 0 aliphatic carbocycles. The van der Waals surface area contributed by atoms with Gasteiger partial charge in [-0.15, -0.1) is 0 Å². The number of carbonyl (C=O) groups excluding carboxylic acids is 1. The summed E-state index contributed by atoms with van der Waals surface area (Å²) in [7, 11) is 2.97. The number of nitrogens with one attached hydrogen (secondary N) is 1. The van der Waals surface area contributed by atoms with Crippen molar-refractivity contribution in [3.8, 4) is 11.5 Å². The van der Waals surface area contributed by atoms with Crippen LogP contribution >= 0.6 is 0 Å². The number of carboxylic acid groups (broad SMARTS) is 1. The van der Waals surface area contributed by atoms with Crippen LogP contribution in [0.15, 0.2) is 18.2 Å². The highest BCUT2D eigenvalue weighted by Gasteiger charge is 2.25. The first-order valence-electron chi connectivity index (χ1n) is 7.09. The summed E-state index contributed by atoms with van der Waals surface area (Å²) in [4.78, 5) is 23.1. The highest BCUT2D eigenvalue weighted by atomic mass is 16.6. The van der Waals surface area contributed by atoms with Crippen molar-refractivity contribution in [2.75, 3.05) is 14.2 Å². The summed E-state index contributed by atoms with van der Waals surface area (Å²) in [6.45, 7) is 5.18. The quantitative estimate of drug-likeness (QED) is 0.835. The Kier molecular flexibility index (Phi) is 6.24. The Morgan fingerprint density at radius 2 is 1.87 bits per heavy atom. The zero-order chi connectivity index (χ0) is 17.6. The van der Waals surface area contributed by atoms with E-state index in [1.54, 1.807) is 39.0 Å². The zero-order valence-corrected chi connectivity index (χ0v) is 14.0. The van der Waals surface area contributed by atoms with Crippen molar-refractivity contribution in [1.82, 2.24) is 5.32 Å². The number of benzene rings is 1. The first-order valence-corrected chi connectivity index (χ1v) is 7.09. The minimum absolute atomic E-state index is 0.317. The Labute approximate surface area is 135 Å². The van der Waals surface area contributed by atoms with Crippen LogP contribution in [0.25, 0.3) is 0 Å². The average molecular weight is 325 g/mol. The molecule has 7 heteroatoms. The van der Waals surface area contributed by atoms with Gasteiger partial charge in [0.2, 0.25) is 0 Å². The Balaban J connectivity index is 3.11. The van der Waals surface area contributed by atoms with Crippen LogP contribution in [0.1, 0.15) is 38.8 Å². The zero-order valence-electron chi connectivity index (χ0n) is 14.0. The molecule has 7 nitrogen and oxygen atoms in total. The Bertz CT molecular complexity index is 564. The number of rotatable bonds is 6. The van der Waals surface area contributed by atoms with E-state index in [1.165, 1.54) is 14.2 Å². The van der Waals surface area contributed by atoms with Crippen LogP contribution in [0, 0.1) is 0 Å². The summed E-state index contributed by atoms with van der Waals surface area (Å²) in [5, 5.41) is 11.7. The van der Waals surface area contributed by atoms with Gasteiger partial charge in [0.25, 0.3) is 0 Å². The fraction of sp³-hybridized carbons (Fsp3) is 0.500. The highest BCUT2D eigenvalue weighted by Crippen LogP contribution is 2.31. The summed E-state index contributed by atoms with van der Waals surface area (Å²) in [5.74, 6) is -0.0776. The first kappa shape index (κ1) is 18.6. The van der Waals surface area contributed by atoms with Gasteiger partial charge in [0.15, 0.2) is 0 Å². The van der Waals surface area contributed by atoms with Gasteiger partial charge in [-0.3, -0.25) is 4.79 Å². The molecule has 128 valence electrons. The molecule has 0 aromatic heterocycles. The van der Waals surface area contributed by atoms with Crippen LogP contribution in [-0.2, 0) is 9.53 Å². The summed E-state index contributed by atoms with van der Waals surface area (Å²) < 4.78 is 15.6. The molecule has 0 heterocycles. The van der Waals surface area contributed by atoms with E-state index in [2.05, 4.69) is 5.32 Å². The lowest BCUT2D eigenvalue weighted by Gasteiger charge is -2.24. The van der Waals surface area contributed by atoms with E-state index in [1.807, 2.05) is 0 Å². The number of hydrogen-bond acceptors (Lipinski definition) is 5. The maximum absolute atomic E-state index is 12.0. The van der Waals surface area contributed by atoms with Crippen LogP contribution in [0.5, 0.6) is 11.5 Å². The molecule has 1 amide bonds. The molecule has 0 saturated heterocycles. The molecule has 0 radical (unpaired) electrons. The lowest BCUT2D eigenvalue weighted by atomic mass is 10.0. The first-order chi connectivity index (χ1) is 10.7. The third kappa shape index (κ3) is 6.06. The van der Waals surface area contributed by atoms with Crippen LogP contribution < -0.4 is 14.8 Å². The fourth-order valence-electron chi connectivity index (χ4n) is 1.97. The molecular formula is C16H23NO6. The summed E-state index contributed by atoms with van der Waals surface area (Å²) >= 11 is 0. The van der Waals surface area contributed by atoms with Gasteiger partial charge in [-0.05, 0) is 39.0 Å². The Morgan fingerprint density at radius 3 is 2.35 bits per heavy atom. The van der Waals surface area contributed by atoms with Gasteiger partial charge in [0.05, 0.1) is 26.7 Å². The van der Waals surface area contributed by atoms with Crippen molar-refractivity contribution in [3.05, 3.63) is 23.8 Å². The molecule has 23 heavy (non-hydrogen) atoms. The van der Waals surface area contributed by atoms with Crippen LogP contribution in [0.3, 0.4) is 0 Å². The monoisotopic (exact) mass is 325 g/mol. The number of ether oxygens (including phenoxy) is 3. The molecule has 1 atom stereocenters. The molecule has 2 N–H and O–H groups in total. The second kappa shape index (κ2) is 7.71. The standard InChI is InChI=1S/C16H23NO6/c1-16(2,3)23-15(20)17-12(9-14(18)19)11-8-10(21-4)6-7-13(11)22-5/h6-8,12H,9H2,1-5H3,(H,17,20)(H,18,19). The van der Waals surface area contributed by atoms with Gasteiger partial charge in [-0.2, -0.15) is 0 Å². The highest BCUT2D eigenvalue weighted by molar-refractivity contribution is 5.72. The van der Waals surface area contributed by atoms with Gasteiger partial charge >= 0.3 is 12.1 Å². The third-order valence-corrected chi connectivity index (χ3v) is 2.88. The van der Waals surface area contributed by atoms with Crippen LogP contribution in [-0.4, -0.2) is 37.0 Å². The largest absolute Gasteiger partial charge is 0.497 e. The lowest BCUT2D eigenvalue weighted by Crippen LogP contribution is -2.36. The maximum atomic E-state index is 12.0. The number of carboxylic acids is 1. The predicted octanol–water partition coefficient (Wildman–Crippen LogP) is 2.74. The van der Waals surface area contributed by atoms with Crippen molar-refractivity contribution in [2.24, 2.45) is 0 Å². The second-order valence-corrected chi connectivity index (χ2v) is 5.90. The third-order valence-electron chi connectivity index (χ3n) is 2.88. The van der Waals surface area contributed by atoms with E-state index in [0.717, 1.165) is 0 Å². The number of alkyl carbamates (subject to hydrolysis) is 1. The number of aliphatic carboxylic acids is 1. The van der Waals surface area contributed by atoms with Gasteiger partial charge < -0.3 is 24.6 Å². The molecule has 0 fully saturated rings. The SMILES string of the molecule is COc1ccc(OC)c(C(CC(=O)O)NC(=O)OC(C)(C)C)c1. The topological polar surface area (TPSA) is 94.1 Å². The van der Waals surface area contributed by atoms with Gasteiger partial charge in [-0.1, -0.05) is 0 Å². The number of hydrogen-bond donors (Lipinski definition) is 2. The average Bonchev–Trinajstić information content (AvgIpc) is 2.43. The van der Waals surface area contributed by atoms with Crippen LogP contribution in [0.2, 0.25) is 0 Å². The minimum Gasteiger partial charge on any atom is -0.497 e. The second-order valence-electron chi connectivity index (χ2n) is 5.90.